The van der Waals surface area contributed by atoms with Crippen molar-refractivity contribution in [1.82, 2.24) is 4.72 Å². The van der Waals surface area contributed by atoms with E-state index in [4.69, 9.17) is 15.0 Å². The van der Waals surface area contributed by atoms with Gasteiger partial charge in [0.05, 0.1) is 6.61 Å². The van der Waals surface area contributed by atoms with Gasteiger partial charge in [-0.05, 0) is 43.5 Å². The normalized spacial score (nSPS) is 14.7. The summed E-state index contributed by atoms with van der Waals surface area (Å²) in [7, 11) is 0. The van der Waals surface area contributed by atoms with Crippen LogP contribution in [0.1, 0.15) is 44.6 Å². The minimum absolute atomic E-state index is 0.113. The zero-order valence-electron chi connectivity index (χ0n) is 14.6. The van der Waals surface area contributed by atoms with Gasteiger partial charge in [-0.1, -0.05) is 31.9 Å². The number of hydrogen-bond acceptors (Lipinski definition) is 4. The van der Waals surface area contributed by atoms with Gasteiger partial charge in [0.1, 0.15) is 11.3 Å². The summed E-state index contributed by atoms with van der Waals surface area (Å²) >= 11 is -2.41. The molecule has 0 aromatic heterocycles. The molecule has 0 aliphatic rings. The second-order valence-corrected chi connectivity index (χ2v) is 6.71. The summed E-state index contributed by atoms with van der Waals surface area (Å²) in [5.41, 5.74) is 4.71. The van der Waals surface area contributed by atoms with Crippen molar-refractivity contribution in [3.8, 4) is 5.75 Å². The number of hydrogen-bond donors (Lipinski definition) is 4. The molecule has 0 fully saturated rings. The summed E-state index contributed by atoms with van der Waals surface area (Å²) in [6.45, 7) is 3.16. The number of carboxylic acid groups (broad SMARTS) is 1. The van der Waals surface area contributed by atoms with E-state index in [1.807, 2.05) is 6.92 Å². The molecule has 1 rings (SSSR count). The van der Waals surface area contributed by atoms with Crippen LogP contribution in [0.15, 0.2) is 24.3 Å². The van der Waals surface area contributed by atoms with E-state index >= 15 is 0 Å². The van der Waals surface area contributed by atoms with Crippen LogP contribution < -0.4 is 15.2 Å². The standard InChI is InChI=1S/C17H28N2O5S/c1-2-3-10-17(16(20)21,19-25(22)23)13-14-6-8-15(9-7-14)24-12-5-4-11-18/h6-9,19H,2-5,10-13,18H2,1H3,(H,20,21)(H,22,23)/t17-/m0/s1. The number of unbranched alkanes of at least 4 members (excludes halogenated alkanes) is 2. The minimum atomic E-state index is -2.41. The van der Waals surface area contributed by atoms with Crippen LogP contribution in [0.4, 0.5) is 0 Å². The molecule has 7 nitrogen and oxygen atoms in total. The van der Waals surface area contributed by atoms with Crippen LogP contribution in [0.3, 0.4) is 0 Å². The summed E-state index contributed by atoms with van der Waals surface area (Å²) in [6, 6.07) is 7.12. The zero-order valence-corrected chi connectivity index (χ0v) is 15.4. The first-order valence-corrected chi connectivity index (χ1v) is 9.58. The molecule has 0 saturated heterocycles. The van der Waals surface area contributed by atoms with Crippen LogP contribution >= 0.6 is 0 Å². The molecule has 142 valence electrons. The Morgan fingerprint density at radius 3 is 2.48 bits per heavy atom. The molecule has 25 heavy (non-hydrogen) atoms. The lowest BCUT2D eigenvalue weighted by Crippen LogP contribution is -2.54. The van der Waals surface area contributed by atoms with Crippen molar-refractivity contribution in [1.29, 1.82) is 0 Å². The Morgan fingerprint density at radius 1 is 1.28 bits per heavy atom. The number of aliphatic carboxylic acids is 1. The van der Waals surface area contributed by atoms with Gasteiger partial charge in [-0.3, -0.25) is 9.35 Å². The summed E-state index contributed by atoms with van der Waals surface area (Å²) in [5.74, 6) is -0.431. The highest BCUT2D eigenvalue weighted by molar-refractivity contribution is 7.77. The summed E-state index contributed by atoms with van der Waals surface area (Å²) in [5, 5.41) is 9.64. The first kappa shape index (κ1) is 21.6. The maximum absolute atomic E-state index is 11.8. The Hall–Kier alpha value is -1.48. The second-order valence-electron chi connectivity index (χ2n) is 6.01. The molecule has 1 aromatic carbocycles. The van der Waals surface area contributed by atoms with Crippen LogP contribution in [0.2, 0.25) is 0 Å². The molecule has 0 aliphatic carbocycles. The molecule has 0 heterocycles. The smallest absolute Gasteiger partial charge is 0.325 e. The fourth-order valence-corrected chi connectivity index (χ4v) is 3.13. The molecular formula is C17H28N2O5S. The molecule has 0 saturated carbocycles. The number of carboxylic acids is 1. The summed E-state index contributed by atoms with van der Waals surface area (Å²) in [4.78, 5) is 11.8. The van der Waals surface area contributed by atoms with Crippen LogP contribution in [0.5, 0.6) is 5.75 Å². The molecule has 1 unspecified atom stereocenters. The van der Waals surface area contributed by atoms with Gasteiger partial charge in [-0.15, -0.1) is 0 Å². The molecule has 5 N–H and O–H groups in total. The highest BCUT2D eigenvalue weighted by atomic mass is 32.2. The van der Waals surface area contributed by atoms with Crippen LogP contribution in [-0.4, -0.2) is 38.5 Å². The average molecular weight is 372 g/mol. The van der Waals surface area contributed by atoms with E-state index in [1.54, 1.807) is 24.3 Å². The first-order valence-electron chi connectivity index (χ1n) is 8.47. The fraction of sp³-hybridized carbons (Fsp3) is 0.588. The topological polar surface area (TPSA) is 122 Å². The van der Waals surface area contributed by atoms with Gasteiger partial charge in [-0.25, -0.2) is 4.21 Å². The van der Waals surface area contributed by atoms with Gasteiger partial charge >= 0.3 is 5.97 Å². The third kappa shape index (κ3) is 7.52. The lowest BCUT2D eigenvalue weighted by atomic mass is 9.87. The predicted molar refractivity (Wildman–Crippen MR) is 97.7 cm³/mol. The monoisotopic (exact) mass is 372 g/mol. The maximum Gasteiger partial charge on any atom is 0.325 e. The first-order chi connectivity index (χ1) is 11.9. The highest BCUT2D eigenvalue weighted by Crippen LogP contribution is 2.23. The van der Waals surface area contributed by atoms with Gasteiger partial charge in [0, 0.05) is 6.42 Å². The maximum atomic E-state index is 11.8. The van der Waals surface area contributed by atoms with Crippen molar-refractivity contribution in [3.05, 3.63) is 29.8 Å². The fourth-order valence-electron chi connectivity index (χ4n) is 2.54. The lowest BCUT2D eigenvalue weighted by molar-refractivity contribution is -0.144. The van der Waals surface area contributed by atoms with E-state index in [9.17, 15) is 14.1 Å². The van der Waals surface area contributed by atoms with E-state index in [-0.39, 0.29) is 12.8 Å². The van der Waals surface area contributed by atoms with Crippen molar-refractivity contribution in [2.45, 2.75) is 51.0 Å². The van der Waals surface area contributed by atoms with Gasteiger partial charge < -0.3 is 15.6 Å². The van der Waals surface area contributed by atoms with Crippen molar-refractivity contribution in [2.24, 2.45) is 5.73 Å². The van der Waals surface area contributed by atoms with Crippen molar-refractivity contribution in [3.63, 3.8) is 0 Å². The average Bonchev–Trinajstić information content (AvgIpc) is 2.57. The van der Waals surface area contributed by atoms with Gasteiger partial charge in [-0.2, -0.15) is 4.72 Å². The van der Waals surface area contributed by atoms with E-state index in [2.05, 4.69) is 4.72 Å². The van der Waals surface area contributed by atoms with Gasteiger partial charge in [0.15, 0.2) is 0 Å². The molecular weight excluding hydrogens is 344 g/mol. The van der Waals surface area contributed by atoms with Crippen LogP contribution in [0.25, 0.3) is 0 Å². The second kappa shape index (κ2) is 11.2. The third-order valence-corrected chi connectivity index (χ3v) is 4.51. The minimum Gasteiger partial charge on any atom is -0.494 e. The van der Waals surface area contributed by atoms with E-state index in [1.165, 1.54) is 0 Å². The van der Waals surface area contributed by atoms with Gasteiger partial charge in [0.25, 0.3) is 0 Å². The molecule has 0 amide bonds. The van der Waals surface area contributed by atoms with Crippen molar-refractivity contribution >= 4 is 17.2 Å². The van der Waals surface area contributed by atoms with Crippen molar-refractivity contribution < 1.29 is 23.4 Å². The van der Waals surface area contributed by atoms with Crippen LogP contribution in [-0.2, 0) is 22.5 Å². The van der Waals surface area contributed by atoms with Crippen LogP contribution in [0, 0.1) is 0 Å². The Morgan fingerprint density at radius 2 is 1.96 bits per heavy atom. The highest BCUT2D eigenvalue weighted by Gasteiger charge is 2.39. The number of rotatable bonds is 13. The zero-order chi connectivity index (χ0) is 18.7. The third-order valence-electron chi connectivity index (χ3n) is 3.95. The molecule has 8 heteroatoms. The quantitative estimate of drug-likeness (QED) is 0.311. The molecule has 2 atom stereocenters. The number of carbonyl (C=O) groups is 1. The Labute approximate surface area is 151 Å². The summed E-state index contributed by atoms with van der Waals surface area (Å²) in [6.07, 6.45) is 3.60. The molecule has 0 aliphatic heterocycles. The predicted octanol–water partition coefficient (Wildman–Crippen LogP) is 2.09. The molecule has 1 aromatic rings. The number of nitrogens with one attached hydrogen (secondary N) is 1. The number of benzene rings is 1. The van der Waals surface area contributed by atoms with E-state index in [0.29, 0.717) is 25.3 Å². The SMILES string of the molecule is CCCC[C@@](Cc1ccc(OCCCCN)cc1)(NS(=O)O)C(=O)O. The number of nitrogens with two attached hydrogens (primary N) is 1. The molecule has 0 bridgehead atoms. The Balaban J connectivity index is 2.81. The van der Waals surface area contributed by atoms with Gasteiger partial charge in [0.2, 0.25) is 11.3 Å². The van der Waals surface area contributed by atoms with E-state index < -0.39 is 22.8 Å². The summed E-state index contributed by atoms with van der Waals surface area (Å²) < 4.78 is 28.3. The Kier molecular flexibility index (Phi) is 9.66. The lowest BCUT2D eigenvalue weighted by Gasteiger charge is -2.29. The Bertz CT molecular complexity index is 552. The molecule has 0 spiro atoms. The van der Waals surface area contributed by atoms with Crippen molar-refractivity contribution in [2.75, 3.05) is 13.2 Å². The number of ether oxygens (including phenoxy) is 1. The largest absolute Gasteiger partial charge is 0.494 e. The van der Waals surface area contributed by atoms with E-state index in [0.717, 1.165) is 24.8 Å². The molecule has 0 radical (unpaired) electrons.